The van der Waals surface area contributed by atoms with Gasteiger partial charge in [0.05, 0.1) is 19.9 Å². The number of benzene rings is 1. The molecular weight excluding hydrogens is 330 g/mol. The van der Waals surface area contributed by atoms with Crippen molar-refractivity contribution in [2.75, 3.05) is 13.7 Å². The molecule has 0 aliphatic heterocycles. The lowest BCUT2D eigenvalue weighted by atomic mass is 10.2. The van der Waals surface area contributed by atoms with E-state index in [0.717, 1.165) is 35.3 Å². The lowest BCUT2D eigenvalue weighted by Crippen LogP contribution is -2.14. The first-order valence-electron chi connectivity index (χ1n) is 7.20. The summed E-state index contributed by atoms with van der Waals surface area (Å²) < 4.78 is 8.49. The topological polar surface area (TPSA) is 39.1 Å². The van der Waals surface area contributed by atoms with Crippen molar-refractivity contribution in [3.05, 3.63) is 45.7 Å². The Bertz CT molecular complexity index is 595. The molecule has 2 aromatic rings. The van der Waals surface area contributed by atoms with Gasteiger partial charge in [0.2, 0.25) is 0 Å². The number of methoxy groups -OCH3 is 1. The second-order valence-electron chi connectivity index (χ2n) is 5.05. The Labute approximate surface area is 134 Å². The van der Waals surface area contributed by atoms with Crippen molar-refractivity contribution in [3.8, 4) is 5.75 Å². The second kappa shape index (κ2) is 7.61. The maximum atomic E-state index is 5.42. The summed E-state index contributed by atoms with van der Waals surface area (Å²) in [6.07, 6.45) is 3.09. The van der Waals surface area contributed by atoms with Gasteiger partial charge in [-0.05, 0) is 38.1 Å². The summed E-state index contributed by atoms with van der Waals surface area (Å²) in [5, 5.41) is 7.92. The Balaban J connectivity index is 2.15. The highest BCUT2D eigenvalue weighted by molar-refractivity contribution is 9.10. The highest BCUT2D eigenvalue weighted by atomic mass is 79.9. The Morgan fingerprint density at radius 3 is 2.86 bits per heavy atom. The Hall–Kier alpha value is -1.33. The van der Waals surface area contributed by atoms with Crippen LogP contribution in [0.2, 0.25) is 0 Å². The van der Waals surface area contributed by atoms with Gasteiger partial charge in [-0.15, -0.1) is 0 Å². The zero-order valence-electron chi connectivity index (χ0n) is 12.8. The van der Waals surface area contributed by atoms with Crippen LogP contribution in [0.3, 0.4) is 0 Å². The molecule has 0 saturated heterocycles. The molecule has 1 aromatic carbocycles. The van der Waals surface area contributed by atoms with Gasteiger partial charge in [0.25, 0.3) is 0 Å². The van der Waals surface area contributed by atoms with Crippen LogP contribution in [-0.2, 0) is 13.1 Å². The van der Waals surface area contributed by atoms with Crippen molar-refractivity contribution in [1.29, 1.82) is 0 Å². The summed E-state index contributed by atoms with van der Waals surface area (Å²) in [4.78, 5) is 0. The molecule has 1 N–H and O–H groups in total. The monoisotopic (exact) mass is 351 g/mol. The average molecular weight is 352 g/mol. The SMILES string of the molecule is CCCNCc1cnn(Cc2cc(Br)ccc2OC)c1C. The summed E-state index contributed by atoms with van der Waals surface area (Å²) in [6.45, 7) is 6.89. The van der Waals surface area contributed by atoms with E-state index in [1.807, 2.05) is 23.0 Å². The number of nitrogens with one attached hydrogen (secondary N) is 1. The van der Waals surface area contributed by atoms with E-state index in [1.165, 1.54) is 11.3 Å². The van der Waals surface area contributed by atoms with Crippen molar-refractivity contribution in [2.24, 2.45) is 0 Å². The van der Waals surface area contributed by atoms with E-state index in [1.54, 1.807) is 7.11 Å². The number of nitrogens with zero attached hydrogens (tertiary/aromatic N) is 2. The molecule has 0 radical (unpaired) electrons. The van der Waals surface area contributed by atoms with E-state index in [-0.39, 0.29) is 0 Å². The molecule has 5 heteroatoms. The molecule has 0 fully saturated rings. The fourth-order valence-electron chi connectivity index (χ4n) is 2.25. The largest absolute Gasteiger partial charge is 0.496 e. The predicted molar refractivity (Wildman–Crippen MR) is 88.8 cm³/mol. The lowest BCUT2D eigenvalue weighted by Gasteiger charge is -2.11. The minimum absolute atomic E-state index is 0.711. The molecule has 114 valence electrons. The van der Waals surface area contributed by atoms with E-state index in [0.29, 0.717) is 6.54 Å². The predicted octanol–water partition coefficient (Wildman–Crippen LogP) is 3.51. The van der Waals surface area contributed by atoms with Crippen LogP contribution < -0.4 is 10.1 Å². The van der Waals surface area contributed by atoms with E-state index in [9.17, 15) is 0 Å². The number of hydrogen-bond acceptors (Lipinski definition) is 3. The number of rotatable bonds is 7. The van der Waals surface area contributed by atoms with Crippen molar-refractivity contribution >= 4 is 15.9 Å². The van der Waals surface area contributed by atoms with Crippen LogP contribution in [-0.4, -0.2) is 23.4 Å². The van der Waals surface area contributed by atoms with Crippen molar-refractivity contribution in [2.45, 2.75) is 33.4 Å². The molecule has 0 aliphatic carbocycles. The Morgan fingerprint density at radius 1 is 1.33 bits per heavy atom. The first-order chi connectivity index (χ1) is 10.2. The van der Waals surface area contributed by atoms with Crippen LogP contribution >= 0.6 is 15.9 Å². The van der Waals surface area contributed by atoms with Crippen LogP contribution in [0.4, 0.5) is 0 Å². The molecule has 1 heterocycles. The van der Waals surface area contributed by atoms with Crippen LogP contribution in [0.1, 0.15) is 30.2 Å². The fraction of sp³-hybridized carbons (Fsp3) is 0.438. The number of hydrogen-bond donors (Lipinski definition) is 1. The standard InChI is InChI=1S/C16H22BrN3O/c1-4-7-18-9-14-10-19-20(12(14)2)11-13-8-15(17)5-6-16(13)21-3/h5-6,8,10,18H,4,7,9,11H2,1-3H3. The molecule has 21 heavy (non-hydrogen) atoms. The normalized spacial score (nSPS) is 10.9. The molecule has 0 spiro atoms. The third-order valence-electron chi connectivity index (χ3n) is 3.51. The van der Waals surface area contributed by atoms with Gasteiger partial charge in [0.15, 0.2) is 0 Å². The molecule has 0 bridgehead atoms. The minimum atomic E-state index is 0.711. The summed E-state index contributed by atoms with van der Waals surface area (Å²) in [5.41, 5.74) is 3.56. The Kier molecular flexibility index (Phi) is 5.82. The van der Waals surface area contributed by atoms with Gasteiger partial charge in [-0.2, -0.15) is 5.10 Å². The summed E-state index contributed by atoms with van der Waals surface area (Å²) in [6, 6.07) is 6.04. The summed E-state index contributed by atoms with van der Waals surface area (Å²) in [5.74, 6) is 0.888. The number of halogens is 1. The minimum Gasteiger partial charge on any atom is -0.496 e. The van der Waals surface area contributed by atoms with E-state index >= 15 is 0 Å². The van der Waals surface area contributed by atoms with Gasteiger partial charge >= 0.3 is 0 Å². The van der Waals surface area contributed by atoms with Crippen LogP contribution in [0.5, 0.6) is 5.75 Å². The van der Waals surface area contributed by atoms with Crippen molar-refractivity contribution in [1.82, 2.24) is 15.1 Å². The van der Waals surface area contributed by atoms with E-state index in [2.05, 4.69) is 46.3 Å². The smallest absolute Gasteiger partial charge is 0.124 e. The van der Waals surface area contributed by atoms with Gasteiger partial charge in [-0.25, -0.2) is 0 Å². The molecule has 4 nitrogen and oxygen atoms in total. The Morgan fingerprint density at radius 2 is 2.14 bits per heavy atom. The third kappa shape index (κ3) is 4.08. The first kappa shape index (κ1) is 16.0. The quantitative estimate of drug-likeness (QED) is 0.775. The van der Waals surface area contributed by atoms with Gasteiger partial charge in [-0.3, -0.25) is 4.68 Å². The van der Waals surface area contributed by atoms with Crippen molar-refractivity contribution < 1.29 is 4.74 Å². The molecule has 0 unspecified atom stereocenters. The third-order valence-corrected chi connectivity index (χ3v) is 4.00. The first-order valence-corrected chi connectivity index (χ1v) is 7.99. The van der Waals surface area contributed by atoms with Gasteiger partial charge in [0, 0.05) is 27.8 Å². The summed E-state index contributed by atoms with van der Waals surface area (Å²) in [7, 11) is 1.70. The summed E-state index contributed by atoms with van der Waals surface area (Å²) >= 11 is 3.51. The number of aromatic nitrogens is 2. The molecular formula is C16H22BrN3O. The number of ether oxygens (including phenoxy) is 1. The zero-order chi connectivity index (χ0) is 15.2. The van der Waals surface area contributed by atoms with Gasteiger partial charge < -0.3 is 10.1 Å². The van der Waals surface area contributed by atoms with Gasteiger partial charge in [0.1, 0.15) is 5.75 Å². The van der Waals surface area contributed by atoms with Gasteiger partial charge in [-0.1, -0.05) is 22.9 Å². The fourth-order valence-corrected chi connectivity index (χ4v) is 2.66. The van der Waals surface area contributed by atoms with E-state index in [4.69, 9.17) is 4.74 Å². The second-order valence-corrected chi connectivity index (χ2v) is 5.96. The molecule has 0 saturated carbocycles. The van der Waals surface area contributed by atoms with Crippen LogP contribution in [0.15, 0.2) is 28.9 Å². The average Bonchev–Trinajstić information content (AvgIpc) is 2.81. The van der Waals surface area contributed by atoms with Crippen LogP contribution in [0, 0.1) is 6.92 Å². The zero-order valence-corrected chi connectivity index (χ0v) is 14.4. The highest BCUT2D eigenvalue weighted by Gasteiger charge is 2.10. The van der Waals surface area contributed by atoms with Crippen molar-refractivity contribution in [3.63, 3.8) is 0 Å². The molecule has 0 amide bonds. The molecule has 0 atom stereocenters. The molecule has 0 aliphatic rings. The maximum Gasteiger partial charge on any atom is 0.124 e. The molecule has 2 rings (SSSR count). The van der Waals surface area contributed by atoms with Crippen LogP contribution in [0.25, 0.3) is 0 Å². The highest BCUT2D eigenvalue weighted by Crippen LogP contribution is 2.24. The maximum absolute atomic E-state index is 5.42. The van der Waals surface area contributed by atoms with E-state index < -0.39 is 0 Å². The molecule has 1 aromatic heterocycles. The lowest BCUT2D eigenvalue weighted by molar-refractivity contribution is 0.407.